The molecule has 2 rings (SSSR count). The first-order chi connectivity index (χ1) is 7.78. The fourth-order valence-electron chi connectivity index (χ4n) is 2.15. The number of aryl methyl sites for hydroxylation is 1. The Bertz CT molecular complexity index is 315. The lowest BCUT2D eigenvalue weighted by Gasteiger charge is -2.30. The zero-order valence-electron chi connectivity index (χ0n) is 9.82. The molecule has 0 atom stereocenters. The molecule has 0 amide bonds. The largest absolute Gasteiger partial charge is 0.299 e. The SMILES string of the molecule is Cc1ccc(CN2CCC(CF)CC2)cn1. The summed E-state index contributed by atoms with van der Waals surface area (Å²) in [6.07, 6.45) is 3.93. The Labute approximate surface area is 96.5 Å². The summed E-state index contributed by atoms with van der Waals surface area (Å²) in [5.74, 6) is 0.299. The minimum Gasteiger partial charge on any atom is -0.299 e. The van der Waals surface area contributed by atoms with Gasteiger partial charge < -0.3 is 0 Å². The van der Waals surface area contributed by atoms with Crippen molar-refractivity contribution >= 4 is 0 Å². The number of pyridine rings is 1. The third-order valence-electron chi connectivity index (χ3n) is 3.30. The van der Waals surface area contributed by atoms with E-state index in [4.69, 9.17) is 0 Å². The fraction of sp³-hybridized carbons (Fsp3) is 0.615. The normalized spacial score (nSPS) is 18.9. The van der Waals surface area contributed by atoms with Crippen molar-refractivity contribution in [3.05, 3.63) is 29.6 Å². The molecule has 0 radical (unpaired) electrons. The van der Waals surface area contributed by atoms with E-state index >= 15 is 0 Å². The molecule has 2 heterocycles. The molecule has 2 nitrogen and oxygen atoms in total. The van der Waals surface area contributed by atoms with E-state index in [1.807, 2.05) is 19.2 Å². The van der Waals surface area contributed by atoms with Crippen molar-refractivity contribution in [2.45, 2.75) is 26.3 Å². The molecule has 1 aliphatic heterocycles. The second-order valence-corrected chi connectivity index (χ2v) is 4.68. The van der Waals surface area contributed by atoms with Crippen LogP contribution in [0.1, 0.15) is 24.1 Å². The van der Waals surface area contributed by atoms with Gasteiger partial charge in [0.05, 0.1) is 6.67 Å². The monoisotopic (exact) mass is 222 g/mol. The molecule has 0 saturated carbocycles. The highest BCUT2D eigenvalue weighted by molar-refractivity contribution is 5.13. The minimum atomic E-state index is -0.153. The highest BCUT2D eigenvalue weighted by Gasteiger charge is 2.18. The Morgan fingerprint density at radius 3 is 2.69 bits per heavy atom. The maximum atomic E-state index is 12.4. The molecule has 0 aromatic carbocycles. The molecule has 0 unspecified atom stereocenters. The Morgan fingerprint density at radius 1 is 1.38 bits per heavy atom. The van der Waals surface area contributed by atoms with E-state index in [1.165, 1.54) is 5.56 Å². The molecule has 0 spiro atoms. The first-order valence-electron chi connectivity index (χ1n) is 5.98. The van der Waals surface area contributed by atoms with Crippen LogP contribution in [0.25, 0.3) is 0 Å². The second kappa shape index (κ2) is 5.39. The summed E-state index contributed by atoms with van der Waals surface area (Å²) >= 11 is 0. The zero-order valence-corrected chi connectivity index (χ0v) is 9.82. The van der Waals surface area contributed by atoms with Gasteiger partial charge in [0.25, 0.3) is 0 Å². The average molecular weight is 222 g/mol. The first kappa shape index (κ1) is 11.5. The maximum Gasteiger partial charge on any atom is 0.0923 e. The van der Waals surface area contributed by atoms with Gasteiger partial charge in [0, 0.05) is 18.4 Å². The van der Waals surface area contributed by atoms with E-state index in [-0.39, 0.29) is 6.67 Å². The Hall–Kier alpha value is -0.960. The molecule has 88 valence electrons. The quantitative estimate of drug-likeness (QED) is 0.781. The van der Waals surface area contributed by atoms with Crippen molar-refractivity contribution in [2.24, 2.45) is 5.92 Å². The Morgan fingerprint density at radius 2 is 2.12 bits per heavy atom. The van der Waals surface area contributed by atoms with Crippen LogP contribution in [0.15, 0.2) is 18.3 Å². The van der Waals surface area contributed by atoms with Gasteiger partial charge in [0.15, 0.2) is 0 Å². The molecule has 1 saturated heterocycles. The summed E-state index contributed by atoms with van der Waals surface area (Å²) in [6, 6.07) is 4.17. The van der Waals surface area contributed by atoms with E-state index < -0.39 is 0 Å². The Balaban J connectivity index is 1.84. The number of aromatic nitrogens is 1. The predicted octanol–water partition coefficient (Wildman–Crippen LogP) is 2.57. The van der Waals surface area contributed by atoms with Crippen molar-refractivity contribution in [1.29, 1.82) is 0 Å². The molecule has 1 aliphatic rings. The summed E-state index contributed by atoms with van der Waals surface area (Å²) in [4.78, 5) is 6.68. The maximum absolute atomic E-state index is 12.4. The number of hydrogen-bond donors (Lipinski definition) is 0. The fourth-order valence-corrected chi connectivity index (χ4v) is 2.15. The number of piperidine rings is 1. The number of halogens is 1. The van der Waals surface area contributed by atoms with Gasteiger partial charge in [0.1, 0.15) is 0 Å². The average Bonchev–Trinajstić information content (AvgIpc) is 2.33. The molecule has 3 heteroatoms. The van der Waals surface area contributed by atoms with Gasteiger partial charge in [-0.05, 0) is 50.4 Å². The molecule has 1 aromatic rings. The lowest BCUT2D eigenvalue weighted by Crippen LogP contribution is -2.33. The van der Waals surface area contributed by atoms with Crippen LogP contribution in [0.4, 0.5) is 4.39 Å². The highest BCUT2D eigenvalue weighted by atomic mass is 19.1. The summed E-state index contributed by atoms with van der Waals surface area (Å²) in [5, 5.41) is 0. The zero-order chi connectivity index (χ0) is 11.4. The molecule has 1 fully saturated rings. The van der Waals surface area contributed by atoms with Crippen molar-refractivity contribution in [2.75, 3.05) is 19.8 Å². The van der Waals surface area contributed by atoms with Crippen molar-refractivity contribution in [3.8, 4) is 0 Å². The van der Waals surface area contributed by atoms with E-state index in [2.05, 4.69) is 16.0 Å². The summed E-state index contributed by atoms with van der Waals surface area (Å²) in [6.45, 7) is 4.83. The van der Waals surface area contributed by atoms with Crippen LogP contribution in [0, 0.1) is 12.8 Å². The minimum absolute atomic E-state index is 0.153. The van der Waals surface area contributed by atoms with Crippen LogP contribution in [-0.4, -0.2) is 29.6 Å². The lowest BCUT2D eigenvalue weighted by molar-refractivity contribution is 0.159. The number of likely N-dealkylation sites (tertiary alicyclic amines) is 1. The van der Waals surface area contributed by atoms with Gasteiger partial charge in [-0.3, -0.25) is 14.3 Å². The predicted molar refractivity (Wildman–Crippen MR) is 63.0 cm³/mol. The second-order valence-electron chi connectivity index (χ2n) is 4.68. The van der Waals surface area contributed by atoms with Crippen LogP contribution in [0.3, 0.4) is 0 Å². The number of alkyl halides is 1. The van der Waals surface area contributed by atoms with E-state index in [0.717, 1.165) is 38.2 Å². The third kappa shape index (κ3) is 3.01. The summed E-state index contributed by atoms with van der Waals surface area (Å²) in [7, 11) is 0. The molecule has 0 bridgehead atoms. The van der Waals surface area contributed by atoms with Gasteiger partial charge in [-0.15, -0.1) is 0 Å². The molecular weight excluding hydrogens is 203 g/mol. The van der Waals surface area contributed by atoms with Crippen LogP contribution >= 0.6 is 0 Å². The molecule has 0 aliphatic carbocycles. The van der Waals surface area contributed by atoms with Gasteiger partial charge in [0.2, 0.25) is 0 Å². The van der Waals surface area contributed by atoms with E-state index in [0.29, 0.717) is 5.92 Å². The van der Waals surface area contributed by atoms with Gasteiger partial charge in [-0.1, -0.05) is 6.07 Å². The topological polar surface area (TPSA) is 16.1 Å². The van der Waals surface area contributed by atoms with Gasteiger partial charge >= 0.3 is 0 Å². The Kier molecular flexibility index (Phi) is 3.88. The smallest absolute Gasteiger partial charge is 0.0923 e. The molecular formula is C13H19FN2. The van der Waals surface area contributed by atoms with Crippen LogP contribution in [-0.2, 0) is 6.54 Å². The van der Waals surface area contributed by atoms with Crippen LogP contribution in [0.5, 0.6) is 0 Å². The summed E-state index contributed by atoms with van der Waals surface area (Å²) < 4.78 is 12.4. The highest BCUT2D eigenvalue weighted by Crippen LogP contribution is 2.19. The third-order valence-corrected chi connectivity index (χ3v) is 3.30. The van der Waals surface area contributed by atoms with Crippen LogP contribution < -0.4 is 0 Å². The molecule has 1 aromatic heterocycles. The van der Waals surface area contributed by atoms with E-state index in [1.54, 1.807) is 0 Å². The lowest BCUT2D eigenvalue weighted by atomic mass is 9.98. The van der Waals surface area contributed by atoms with Gasteiger partial charge in [-0.25, -0.2) is 0 Å². The van der Waals surface area contributed by atoms with Crippen molar-refractivity contribution in [3.63, 3.8) is 0 Å². The van der Waals surface area contributed by atoms with Crippen molar-refractivity contribution in [1.82, 2.24) is 9.88 Å². The van der Waals surface area contributed by atoms with Crippen molar-refractivity contribution < 1.29 is 4.39 Å². The van der Waals surface area contributed by atoms with E-state index in [9.17, 15) is 4.39 Å². The summed E-state index contributed by atoms with van der Waals surface area (Å²) in [5.41, 5.74) is 2.31. The molecule has 16 heavy (non-hydrogen) atoms. The molecule has 0 N–H and O–H groups in total. The standard InChI is InChI=1S/C13H19FN2/c1-11-2-3-13(9-15-11)10-16-6-4-12(8-14)5-7-16/h2-3,9,12H,4-8,10H2,1H3. The van der Waals surface area contributed by atoms with Crippen LogP contribution in [0.2, 0.25) is 0 Å². The number of rotatable bonds is 3. The number of nitrogens with zero attached hydrogens (tertiary/aromatic N) is 2. The van der Waals surface area contributed by atoms with Gasteiger partial charge in [-0.2, -0.15) is 0 Å². The first-order valence-corrected chi connectivity index (χ1v) is 5.98. The number of hydrogen-bond acceptors (Lipinski definition) is 2.